The highest BCUT2D eigenvalue weighted by Crippen LogP contribution is 2.36. The van der Waals surface area contributed by atoms with Crippen molar-refractivity contribution in [2.45, 2.75) is 43.3 Å². The first-order valence-electron chi connectivity index (χ1n) is 11.8. The maximum atomic E-state index is 15.2. The van der Waals surface area contributed by atoms with Gasteiger partial charge in [0.25, 0.3) is 5.91 Å². The van der Waals surface area contributed by atoms with E-state index in [0.717, 1.165) is 25.0 Å². The average molecular weight is 576 g/mol. The summed E-state index contributed by atoms with van der Waals surface area (Å²) in [5, 5.41) is 5.76. The molecule has 0 spiro atoms. The molecule has 1 unspecified atom stereocenters. The van der Waals surface area contributed by atoms with Crippen molar-refractivity contribution in [3.63, 3.8) is 0 Å². The van der Waals surface area contributed by atoms with Gasteiger partial charge in [-0.15, -0.1) is 9.24 Å². The molecule has 1 fully saturated rings. The standard InChI is InChI=1S/C26H29BrF2N5OP/c1-31-12-22(16-7-17(27)11-18(28)8-16)34-26(35)20-6-5-15(10-21(20)29)24-25(30)32-13-23(33-24)14-3-2-4-19(36)9-14/h5-8,10-11,13-14,19,22,31H,2-4,9,12,36H2,1H3,(H2,30,32)(H,34,35)/t14-,19-,22-/m1/s1. The summed E-state index contributed by atoms with van der Waals surface area (Å²) < 4.78 is 29.6. The van der Waals surface area contributed by atoms with Crippen molar-refractivity contribution in [3.8, 4) is 11.3 Å². The number of anilines is 1. The fraction of sp³-hybridized carbons (Fsp3) is 0.346. The zero-order valence-corrected chi connectivity index (χ0v) is 22.6. The van der Waals surface area contributed by atoms with Gasteiger partial charge in [0.05, 0.1) is 23.5 Å². The van der Waals surface area contributed by atoms with E-state index in [0.29, 0.717) is 33.5 Å². The van der Waals surface area contributed by atoms with Crippen LogP contribution in [0.5, 0.6) is 0 Å². The van der Waals surface area contributed by atoms with Crippen molar-refractivity contribution in [3.05, 3.63) is 75.5 Å². The number of likely N-dealkylation sites (N-methyl/N-ethyl adjacent to an activating group) is 1. The van der Waals surface area contributed by atoms with E-state index in [2.05, 4.69) is 40.8 Å². The number of hydrogen-bond donors (Lipinski definition) is 3. The van der Waals surface area contributed by atoms with E-state index in [1.54, 1.807) is 25.4 Å². The number of carbonyl (C=O) groups is 1. The molecule has 4 rings (SSSR count). The normalized spacial score (nSPS) is 18.6. The third kappa shape index (κ3) is 6.25. The Kier molecular flexibility index (Phi) is 8.65. The molecule has 1 aromatic heterocycles. The Morgan fingerprint density at radius 3 is 2.75 bits per heavy atom. The lowest BCUT2D eigenvalue weighted by Gasteiger charge is -2.26. The largest absolute Gasteiger partial charge is 0.382 e. The summed E-state index contributed by atoms with van der Waals surface area (Å²) in [5.41, 5.74) is 8.77. The number of nitrogens with zero attached hydrogens (tertiary/aromatic N) is 2. The first-order valence-corrected chi connectivity index (χ1v) is 13.3. The van der Waals surface area contributed by atoms with Crippen LogP contribution in [-0.2, 0) is 0 Å². The summed E-state index contributed by atoms with van der Waals surface area (Å²) in [5.74, 6) is -1.26. The minimum atomic E-state index is -0.706. The molecule has 1 heterocycles. The number of amides is 1. The molecule has 3 aromatic rings. The van der Waals surface area contributed by atoms with Gasteiger partial charge < -0.3 is 16.4 Å². The number of halogens is 3. The first kappa shape index (κ1) is 26.6. The van der Waals surface area contributed by atoms with Crippen LogP contribution in [0.1, 0.15) is 59.3 Å². The Balaban J connectivity index is 1.57. The lowest BCUT2D eigenvalue weighted by Crippen LogP contribution is -2.35. The minimum absolute atomic E-state index is 0.129. The van der Waals surface area contributed by atoms with Gasteiger partial charge in [-0.1, -0.05) is 28.4 Å². The van der Waals surface area contributed by atoms with Gasteiger partial charge in [0.2, 0.25) is 0 Å². The molecule has 190 valence electrons. The molecule has 1 aliphatic carbocycles. The highest BCUT2D eigenvalue weighted by atomic mass is 79.9. The molecule has 6 nitrogen and oxygen atoms in total. The average Bonchev–Trinajstić information content (AvgIpc) is 2.83. The van der Waals surface area contributed by atoms with Gasteiger partial charge in [0, 0.05) is 22.5 Å². The summed E-state index contributed by atoms with van der Waals surface area (Å²) >= 11 is 3.27. The number of aromatic nitrogens is 2. The number of rotatable bonds is 7. The van der Waals surface area contributed by atoms with Gasteiger partial charge >= 0.3 is 0 Å². The van der Waals surface area contributed by atoms with Crippen LogP contribution in [0.15, 0.2) is 47.1 Å². The van der Waals surface area contributed by atoms with Crippen LogP contribution in [0.2, 0.25) is 0 Å². The Labute approximate surface area is 220 Å². The molecular formula is C26H29BrF2N5OP. The molecule has 0 radical (unpaired) electrons. The van der Waals surface area contributed by atoms with E-state index >= 15 is 4.39 Å². The second-order valence-electron chi connectivity index (χ2n) is 9.13. The van der Waals surface area contributed by atoms with Crippen LogP contribution in [0, 0.1) is 11.6 Å². The number of nitrogen functional groups attached to an aromatic ring is 1. The molecule has 2 aromatic carbocycles. The van der Waals surface area contributed by atoms with Gasteiger partial charge in [0.1, 0.15) is 23.1 Å². The molecule has 10 heteroatoms. The van der Waals surface area contributed by atoms with Crippen LogP contribution in [-0.4, -0.2) is 35.1 Å². The van der Waals surface area contributed by atoms with Gasteiger partial charge in [-0.3, -0.25) is 4.79 Å². The molecule has 4 atom stereocenters. The van der Waals surface area contributed by atoms with Crippen molar-refractivity contribution in [1.29, 1.82) is 0 Å². The third-order valence-corrected chi connectivity index (χ3v) is 7.50. The lowest BCUT2D eigenvalue weighted by molar-refractivity contribution is 0.0932. The number of carbonyl (C=O) groups excluding carboxylic acids is 1. The van der Waals surface area contributed by atoms with Crippen LogP contribution < -0.4 is 16.4 Å². The van der Waals surface area contributed by atoms with Crippen LogP contribution in [0.3, 0.4) is 0 Å². The van der Waals surface area contributed by atoms with Crippen molar-refractivity contribution < 1.29 is 13.6 Å². The fourth-order valence-electron chi connectivity index (χ4n) is 4.63. The predicted octanol–water partition coefficient (Wildman–Crippen LogP) is 5.36. The second-order valence-corrected chi connectivity index (χ2v) is 11.0. The van der Waals surface area contributed by atoms with Gasteiger partial charge in [-0.05, 0) is 67.9 Å². The Morgan fingerprint density at radius 2 is 2.06 bits per heavy atom. The summed E-state index contributed by atoms with van der Waals surface area (Å²) in [6.07, 6.45) is 6.05. The molecule has 0 bridgehead atoms. The van der Waals surface area contributed by atoms with Gasteiger partial charge in [0.15, 0.2) is 0 Å². The van der Waals surface area contributed by atoms with E-state index in [1.807, 2.05) is 0 Å². The second kappa shape index (κ2) is 11.7. The summed E-state index contributed by atoms with van der Waals surface area (Å²) in [4.78, 5) is 22.0. The summed E-state index contributed by atoms with van der Waals surface area (Å²) in [6, 6.07) is 8.10. The SMILES string of the molecule is CNC[C@@H](NC(=O)c1ccc(-c2nc([C@@H]3CCC[C@@H](P)C3)cnc2N)cc1F)c1cc(F)cc(Br)c1. The Hall–Kier alpha value is -2.48. The first-order chi connectivity index (χ1) is 17.2. The van der Waals surface area contributed by atoms with Crippen molar-refractivity contribution in [2.24, 2.45) is 0 Å². The zero-order valence-electron chi connectivity index (χ0n) is 19.9. The van der Waals surface area contributed by atoms with Crippen LogP contribution in [0.25, 0.3) is 11.3 Å². The van der Waals surface area contributed by atoms with E-state index in [9.17, 15) is 9.18 Å². The lowest BCUT2D eigenvalue weighted by atomic mass is 9.86. The maximum Gasteiger partial charge on any atom is 0.254 e. The number of nitrogens with one attached hydrogen (secondary N) is 2. The third-order valence-electron chi connectivity index (χ3n) is 6.44. The number of nitrogens with two attached hydrogens (primary N) is 1. The van der Waals surface area contributed by atoms with E-state index < -0.39 is 23.6 Å². The van der Waals surface area contributed by atoms with Crippen molar-refractivity contribution in [1.82, 2.24) is 20.6 Å². The van der Waals surface area contributed by atoms with Crippen molar-refractivity contribution >= 4 is 36.9 Å². The van der Waals surface area contributed by atoms with Crippen molar-refractivity contribution in [2.75, 3.05) is 19.3 Å². The minimum Gasteiger partial charge on any atom is -0.382 e. The smallest absolute Gasteiger partial charge is 0.254 e. The fourth-order valence-corrected chi connectivity index (χ4v) is 5.68. The van der Waals surface area contributed by atoms with E-state index in [-0.39, 0.29) is 17.3 Å². The monoisotopic (exact) mass is 575 g/mol. The topological polar surface area (TPSA) is 92.9 Å². The van der Waals surface area contributed by atoms with Gasteiger partial charge in [-0.2, -0.15) is 0 Å². The maximum absolute atomic E-state index is 15.2. The molecular weight excluding hydrogens is 547 g/mol. The molecule has 0 aliphatic heterocycles. The summed E-state index contributed by atoms with van der Waals surface area (Å²) in [6.45, 7) is 0.332. The summed E-state index contributed by atoms with van der Waals surface area (Å²) in [7, 11) is 4.61. The van der Waals surface area contributed by atoms with E-state index in [1.165, 1.54) is 30.7 Å². The predicted molar refractivity (Wildman–Crippen MR) is 145 cm³/mol. The highest BCUT2D eigenvalue weighted by molar-refractivity contribution is 9.10. The molecule has 36 heavy (non-hydrogen) atoms. The molecule has 1 amide bonds. The highest BCUT2D eigenvalue weighted by Gasteiger charge is 2.24. The Morgan fingerprint density at radius 1 is 1.25 bits per heavy atom. The van der Waals surface area contributed by atoms with Gasteiger partial charge in [-0.25, -0.2) is 18.7 Å². The van der Waals surface area contributed by atoms with E-state index in [4.69, 9.17) is 10.7 Å². The molecule has 1 saturated carbocycles. The quantitative estimate of drug-likeness (QED) is 0.330. The zero-order chi connectivity index (χ0) is 25.8. The molecule has 0 saturated heterocycles. The number of benzene rings is 2. The number of hydrogen-bond acceptors (Lipinski definition) is 5. The Bertz CT molecular complexity index is 1240. The molecule has 1 aliphatic rings. The van der Waals surface area contributed by atoms with Crippen LogP contribution in [0.4, 0.5) is 14.6 Å². The van der Waals surface area contributed by atoms with Crippen LogP contribution >= 0.6 is 25.2 Å². The molecule has 4 N–H and O–H groups in total.